The summed E-state index contributed by atoms with van der Waals surface area (Å²) in [4.78, 5) is 0. The molecule has 0 saturated heterocycles. The Hall–Kier alpha value is -2.62. The van der Waals surface area contributed by atoms with Crippen LogP contribution in [0.2, 0.25) is 19.6 Å². The summed E-state index contributed by atoms with van der Waals surface area (Å²) in [6, 6.07) is 8.33. The van der Waals surface area contributed by atoms with Crippen LogP contribution in [0.15, 0.2) is 34.5 Å². The number of hydrogen-bond donors (Lipinski definition) is 0. The molecule has 0 atom stereocenters. The van der Waals surface area contributed by atoms with E-state index < -0.39 is 8.07 Å². The van der Waals surface area contributed by atoms with Crippen molar-refractivity contribution in [3.05, 3.63) is 57.6 Å². The molecule has 0 aliphatic heterocycles. The second-order valence-electron chi connectivity index (χ2n) is 7.99. The summed E-state index contributed by atoms with van der Waals surface area (Å²) in [5, 5.41) is 9.13. The van der Waals surface area contributed by atoms with E-state index in [4.69, 9.17) is 0 Å². The van der Waals surface area contributed by atoms with E-state index in [2.05, 4.69) is 105 Å². The molecule has 27 heavy (non-hydrogen) atoms. The van der Waals surface area contributed by atoms with Gasteiger partial charge in [-0.3, -0.25) is 0 Å². The molecule has 2 rings (SSSR count). The SMILES string of the molecule is CC#Cc1cc(C)c(N=Nc2c(C)cc(C#C[Si](C)(C)C)cc2C)c(C)c1. The Bertz CT molecular complexity index is 970. The van der Waals surface area contributed by atoms with E-state index >= 15 is 0 Å². The van der Waals surface area contributed by atoms with Gasteiger partial charge in [-0.1, -0.05) is 31.5 Å². The zero-order chi connectivity index (χ0) is 20.2. The van der Waals surface area contributed by atoms with Crippen LogP contribution in [0, 0.1) is 51.0 Å². The first-order valence-electron chi connectivity index (χ1n) is 9.21. The van der Waals surface area contributed by atoms with Gasteiger partial charge in [0.05, 0.1) is 11.4 Å². The van der Waals surface area contributed by atoms with Crippen molar-refractivity contribution in [2.24, 2.45) is 10.2 Å². The van der Waals surface area contributed by atoms with Gasteiger partial charge in [0.2, 0.25) is 0 Å². The van der Waals surface area contributed by atoms with E-state index in [1.807, 2.05) is 6.92 Å². The number of benzene rings is 2. The van der Waals surface area contributed by atoms with E-state index in [-0.39, 0.29) is 0 Å². The molecule has 0 aromatic heterocycles. The Labute approximate surface area is 165 Å². The van der Waals surface area contributed by atoms with Gasteiger partial charge in [-0.05, 0) is 81.1 Å². The quantitative estimate of drug-likeness (QED) is 0.310. The minimum atomic E-state index is -1.38. The number of hydrogen-bond acceptors (Lipinski definition) is 2. The lowest BCUT2D eigenvalue weighted by atomic mass is 10.0. The highest BCUT2D eigenvalue weighted by Crippen LogP contribution is 2.30. The van der Waals surface area contributed by atoms with Crippen molar-refractivity contribution in [3.63, 3.8) is 0 Å². The topological polar surface area (TPSA) is 24.7 Å². The van der Waals surface area contributed by atoms with E-state index in [0.717, 1.165) is 44.8 Å². The molecule has 0 N–H and O–H groups in total. The largest absolute Gasteiger partial charge is 0.150 e. The maximum absolute atomic E-state index is 4.57. The average molecular weight is 373 g/mol. The molecular weight excluding hydrogens is 344 g/mol. The van der Waals surface area contributed by atoms with Crippen molar-refractivity contribution in [2.45, 2.75) is 54.3 Å². The monoisotopic (exact) mass is 372 g/mol. The molecule has 2 nitrogen and oxygen atoms in total. The van der Waals surface area contributed by atoms with Crippen molar-refractivity contribution in [3.8, 4) is 23.3 Å². The smallest absolute Gasteiger partial charge is 0.129 e. The molecule has 0 fully saturated rings. The predicted molar refractivity (Wildman–Crippen MR) is 119 cm³/mol. The van der Waals surface area contributed by atoms with Gasteiger partial charge in [0.15, 0.2) is 0 Å². The highest BCUT2D eigenvalue weighted by atomic mass is 28.3. The van der Waals surface area contributed by atoms with Crippen LogP contribution in [0.4, 0.5) is 11.4 Å². The summed E-state index contributed by atoms with van der Waals surface area (Å²) < 4.78 is 0. The normalized spacial score (nSPS) is 11.0. The highest BCUT2D eigenvalue weighted by molar-refractivity contribution is 6.83. The Morgan fingerprint density at radius 3 is 1.37 bits per heavy atom. The summed E-state index contributed by atoms with van der Waals surface area (Å²) in [5.41, 5.74) is 11.7. The Morgan fingerprint density at radius 2 is 1.04 bits per heavy atom. The van der Waals surface area contributed by atoms with Gasteiger partial charge < -0.3 is 0 Å². The molecule has 2 aromatic carbocycles. The average Bonchev–Trinajstić information content (AvgIpc) is 2.54. The van der Waals surface area contributed by atoms with Crippen LogP contribution in [0.3, 0.4) is 0 Å². The molecule has 0 spiro atoms. The van der Waals surface area contributed by atoms with Crippen molar-refractivity contribution in [2.75, 3.05) is 0 Å². The van der Waals surface area contributed by atoms with E-state index in [0.29, 0.717) is 0 Å². The zero-order valence-corrected chi connectivity index (χ0v) is 18.7. The van der Waals surface area contributed by atoms with Gasteiger partial charge in [0, 0.05) is 11.1 Å². The number of aryl methyl sites for hydroxylation is 4. The van der Waals surface area contributed by atoms with Crippen molar-refractivity contribution in [1.82, 2.24) is 0 Å². The maximum atomic E-state index is 4.57. The third-order valence-electron chi connectivity index (χ3n) is 4.08. The van der Waals surface area contributed by atoms with Crippen LogP contribution in [0.1, 0.15) is 40.3 Å². The van der Waals surface area contributed by atoms with Gasteiger partial charge in [-0.15, -0.1) is 21.7 Å². The van der Waals surface area contributed by atoms with Gasteiger partial charge in [-0.2, -0.15) is 0 Å². The van der Waals surface area contributed by atoms with Crippen LogP contribution < -0.4 is 0 Å². The van der Waals surface area contributed by atoms with E-state index in [1.165, 1.54) is 0 Å². The van der Waals surface area contributed by atoms with Gasteiger partial charge >= 0.3 is 0 Å². The zero-order valence-electron chi connectivity index (χ0n) is 17.7. The molecular formula is C24H28N2Si. The molecule has 0 aliphatic carbocycles. The van der Waals surface area contributed by atoms with Crippen LogP contribution >= 0.6 is 0 Å². The molecule has 138 valence electrons. The third kappa shape index (κ3) is 5.68. The summed E-state index contributed by atoms with van der Waals surface area (Å²) in [6.07, 6.45) is 0. The molecule has 0 radical (unpaired) electrons. The second kappa shape index (κ2) is 8.38. The summed E-state index contributed by atoms with van der Waals surface area (Å²) >= 11 is 0. The lowest BCUT2D eigenvalue weighted by molar-refractivity contribution is 1.15. The lowest BCUT2D eigenvalue weighted by Gasteiger charge is -2.08. The fraction of sp³-hybridized carbons (Fsp3) is 0.333. The molecule has 0 saturated carbocycles. The fourth-order valence-electron chi connectivity index (χ4n) is 2.88. The highest BCUT2D eigenvalue weighted by Gasteiger charge is 2.09. The number of nitrogens with zero attached hydrogens (tertiary/aromatic N) is 2. The summed E-state index contributed by atoms with van der Waals surface area (Å²) in [6.45, 7) is 16.9. The lowest BCUT2D eigenvalue weighted by Crippen LogP contribution is -2.16. The molecule has 0 aliphatic rings. The third-order valence-corrected chi connectivity index (χ3v) is 4.96. The Balaban J connectivity index is 2.40. The minimum absolute atomic E-state index is 0.915. The first-order chi connectivity index (χ1) is 12.6. The van der Waals surface area contributed by atoms with E-state index in [9.17, 15) is 0 Å². The molecule has 3 heteroatoms. The number of azo groups is 1. The standard InChI is InChI=1S/C24H28N2Si/c1-9-10-21-13-17(2)23(18(3)14-21)25-26-24-19(4)15-22(16-20(24)5)11-12-27(6,7)8/h13-16H,1-8H3. The molecule has 0 bridgehead atoms. The van der Waals surface area contributed by atoms with Crippen LogP contribution in [-0.2, 0) is 0 Å². The Morgan fingerprint density at radius 1 is 0.667 bits per heavy atom. The molecule has 0 heterocycles. The Kier molecular flexibility index (Phi) is 6.42. The number of rotatable bonds is 2. The van der Waals surface area contributed by atoms with Crippen molar-refractivity contribution in [1.29, 1.82) is 0 Å². The summed E-state index contributed by atoms with van der Waals surface area (Å²) in [7, 11) is -1.38. The second-order valence-corrected chi connectivity index (χ2v) is 12.7. The van der Waals surface area contributed by atoms with Crippen molar-refractivity contribution < 1.29 is 0 Å². The molecule has 2 aromatic rings. The first kappa shape index (κ1) is 20.7. The fourth-order valence-corrected chi connectivity index (χ4v) is 3.39. The maximum Gasteiger partial charge on any atom is 0.129 e. The summed E-state index contributed by atoms with van der Waals surface area (Å²) in [5.74, 6) is 9.38. The molecule has 0 amide bonds. The van der Waals surface area contributed by atoms with E-state index in [1.54, 1.807) is 0 Å². The van der Waals surface area contributed by atoms with Gasteiger partial charge in [0.25, 0.3) is 0 Å². The van der Waals surface area contributed by atoms with Crippen LogP contribution in [-0.4, -0.2) is 8.07 Å². The van der Waals surface area contributed by atoms with Crippen LogP contribution in [0.5, 0.6) is 0 Å². The van der Waals surface area contributed by atoms with Crippen LogP contribution in [0.25, 0.3) is 0 Å². The first-order valence-corrected chi connectivity index (χ1v) is 12.7. The predicted octanol–water partition coefficient (Wildman–Crippen LogP) is 6.94. The van der Waals surface area contributed by atoms with Crippen molar-refractivity contribution >= 4 is 19.4 Å². The van der Waals surface area contributed by atoms with Gasteiger partial charge in [-0.25, -0.2) is 0 Å². The minimum Gasteiger partial charge on any atom is -0.150 e. The van der Waals surface area contributed by atoms with Gasteiger partial charge in [0.1, 0.15) is 8.07 Å². The molecule has 0 unspecified atom stereocenters.